The van der Waals surface area contributed by atoms with E-state index in [9.17, 15) is 0 Å². The Morgan fingerprint density at radius 2 is 1.75 bits per heavy atom. The SMILES string of the molecule is CCN(CC)c1nc(N)nc(SCc2ccccc2)n1. The first-order valence-corrected chi connectivity index (χ1v) is 7.64. The Morgan fingerprint density at radius 1 is 1.05 bits per heavy atom. The third-order valence-corrected chi connectivity index (χ3v) is 3.80. The van der Waals surface area contributed by atoms with Crippen LogP contribution in [0.15, 0.2) is 35.5 Å². The van der Waals surface area contributed by atoms with E-state index in [0.717, 1.165) is 18.8 Å². The van der Waals surface area contributed by atoms with Gasteiger partial charge in [-0.1, -0.05) is 42.1 Å². The fourth-order valence-corrected chi connectivity index (χ4v) is 2.59. The van der Waals surface area contributed by atoms with Gasteiger partial charge in [0, 0.05) is 18.8 Å². The zero-order chi connectivity index (χ0) is 14.4. The molecule has 0 unspecified atom stereocenters. The summed E-state index contributed by atoms with van der Waals surface area (Å²) < 4.78 is 0. The second kappa shape index (κ2) is 7.09. The van der Waals surface area contributed by atoms with Gasteiger partial charge in [-0.05, 0) is 19.4 Å². The molecule has 0 bridgehead atoms. The Kier molecular flexibility index (Phi) is 5.17. The molecule has 0 atom stereocenters. The van der Waals surface area contributed by atoms with Gasteiger partial charge in [0.2, 0.25) is 11.9 Å². The largest absolute Gasteiger partial charge is 0.368 e. The van der Waals surface area contributed by atoms with E-state index in [1.807, 2.05) is 18.2 Å². The first-order valence-electron chi connectivity index (χ1n) is 6.66. The first-order chi connectivity index (χ1) is 9.72. The van der Waals surface area contributed by atoms with Crippen molar-refractivity contribution in [1.29, 1.82) is 0 Å². The Morgan fingerprint density at radius 3 is 2.40 bits per heavy atom. The summed E-state index contributed by atoms with van der Waals surface area (Å²) in [5.41, 5.74) is 7.01. The van der Waals surface area contributed by atoms with Crippen molar-refractivity contribution < 1.29 is 0 Å². The zero-order valence-corrected chi connectivity index (χ0v) is 12.6. The van der Waals surface area contributed by atoms with Crippen LogP contribution < -0.4 is 10.6 Å². The van der Waals surface area contributed by atoms with E-state index in [0.29, 0.717) is 11.1 Å². The highest BCUT2D eigenvalue weighted by Gasteiger charge is 2.10. The summed E-state index contributed by atoms with van der Waals surface area (Å²) in [5.74, 6) is 1.75. The Hall–Kier alpha value is -1.82. The van der Waals surface area contributed by atoms with Gasteiger partial charge in [0.25, 0.3) is 0 Å². The maximum atomic E-state index is 5.77. The lowest BCUT2D eigenvalue weighted by Crippen LogP contribution is -2.25. The third kappa shape index (κ3) is 3.84. The van der Waals surface area contributed by atoms with Crippen molar-refractivity contribution >= 4 is 23.7 Å². The van der Waals surface area contributed by atoms with E-state index in [4.69, 9.17) is 5.73 Å². The summed E-state index contributed by atoms with van der Waals surface area (Å²) in [6.07, 6.45) is 0. The number of nitrogens with two attached hydrogens (primary N) is 1. The molecule has 6 heteroatoms. The highest BCUT2D eigenvalue weighted by Crippen LogP contribution is 2.21. The predicted molar refractivity (Wildman–Crippen MR) is 83.8 cm³/mol. The molecule has 0 radical (unpaired) electrons. The maximum Gasteiger partial charge on any atom is 0.231 e. The molecule has 0 saturated heterocycles. The fraction of sp³-hybridized carbons (Fsp3) is 0.357. The van der Waals surface area contributed by atoms with Crippen molar-refractivity contribution in [1.82, 2.24) is 15.0 Å². The molecule has 1 heterocycles. The van der Waals surface area contributed by atoms with Crippen LogP contribution >= 0.6 is 11.8 Å². The van der Waals surface area contributed by atoms with Crippen LogP contribution in [0.5, 0.6) is 0 Å². The Bertz CT molecular complexity index is 543. The molecular formula is C14H19N5S. The lowest BCUT2D eigenvalue weighted by atomic mass is 10.2. The van der Waals surface area contributed by atoms with Crippen LogP contribution in [0.25, 0.3) is 0 Å². The van der Waals surface area contributed by atoms with Crippen molar-refractivity contribution in [3.05, 3.63) is 35.9 Å². The number of nitrogens with zero attached hydrogens (tertiary/aromatic N) is 4. The number of benzene rings is 1. The summed E-state index contributed by atoms with van der Waals surface area (Å²) in [7, 11) is 0. The average molecular weight is 289 g/mol. The number of thioether (sulfide) groups is 1. The number of nitrogen functional groups attached to an aromatic ring is 1. The van der Waals surface area contributed by atoms with Gasteiger partial charge in [0.15, 0.2) is 5.16 Å². The van der Waals surface area contributed by atoms with Crippen LogP contribution in [0.4, 0.5) is 11.9 Å². The first kappa shape index (κ1) is 14.6. The van der Waals surface area contributed by atoms with Gasteiger partial charge in [-0.15, -0.1) is 0 Å². The molecule has 20 heavy (non-hydrogen) atoms. The third-order valence-electron chi connectivity index (χ3n) is 2.88. The van der Waals surface area contributed by atoms with Crippen LogP contribution in [0.3, 0.4) is 0 Å². The molecule has 2 rings (SSSR count). The van der Waals surface area contributed by atoms with Crippen LogP contribution in [-0.4, -0.2) is 28.0 Å². The van der Waals surface area contributed by atoms with Gasteiger partial charge in [0.1, 0.15) is 0 Å². The minimum atomic E-state index is 0.275. The highest BCUT2D eigenvalue weighted by molar-refractivity contribution is 7.98. The number of aromatic nitrogens is 3. The van der Waals surface area contributed by atoms with Gasteiger partial charge >= 0.3 is 0 Å². The second-order valence-electron chi connectivity index (χ2n) is 4.22. The second-order valence-corrected chi connectivity index (χ2v) is 5.17. The minimum absolute atomic E-state index is 0.275. The quantitative estimate of drug-likeness (QED) is 0.824. The molecule has 0 fully saturated rings. The maximum absolute atomic E-state index is 5.77. The van der Waals surface area contributed by atoms with Crippen LogP contribution in [0, 0.1) is 0 Å². The normalized spacial score (nSPS) is 10.5. The smallest absolute Gasteiger partial charge is 0.231 e. The molecule has 1 aromatic carbocycles. The molecule has 0 aliphatic carbocycles. The topological polar surface area (TPSA) is 67.9 Å². The molecule has 0 spiro atoms. The number of rotatable bonds is 6. The lowest BCUT2D eigenvalue weighted by Gasteiger charge is -2.18. The highest BCUT2D eigenvalue weighted by atomic mass is 32.2. The molecule has 106 valence electrons. The van der Waals surface area contributed by atoms with Crippen molar-refractivity contribution in [3.63, 3.8) is 0 Å². The van der Waals surface area contributed by atoms with E-state index >= 15 is 0 Å². The summed E-state index contributed by atoms with van der Waals surface area (Å²) in [5, 5.41) is 0.670. The zero-order valence-electron chi connectivity index (χ0n) is 11.8. The molecule has 0 aliphatic rings. The van der Waals surface area contributed by atoms with Gasteiger partial charge in [-0.2, -0.15) is 15.0 Å². The summed E-state index contributed by atoms with van der Waals surface area (Å²) in [6.45, 7) is 5.84. The Balaban J connectivity index is 2.12. The number of hydrogen-bond acceptors (Lipinski definition) is 6. The van der Waals surface area contributed by atoms with E-state index in [2.05, 4.69) is 45.8 Å². The molecule has 1 aromatic heterocycles. The van der Waals surface area contributed by atoms with Crippen molar-refractivity contribution in [2.75, 3.05) is 23.7 Å². The van der Waals surface area contributed by atoms with Crippen LogP contribution in [-0.2, 0) is 5.75 Å². The Labute approximate surface area is 123 Å². The molecule has 0 saturated carbocycles. The van der Waals surface area contributed by atoms with Gasteiger partial charge < -0.3 is 10.6 Å². The van der Waals surface area contributed by atoms with E-state index in [1.165, 1.54) is 5.56 Å². The molecule has 0 amide bonds. The lowest BCUT2D eigenvalue weighted by molar-refractivity contribution is 0.786. The fourth-order valence-electron chi connectivity index (χ4n) is 1.80. The van der Waals surface area contributed by atoms with Crippen molar-refractivity contribution in [3.8, 4) is 0 Å². The summed E-state index contributed by atoms with van der Waals surface area (Å²) >= 11 is 1.57. The molecule has 0 aliphatic heterocycles. The van der Waals surface area contributed by atoms with Gasteiger partial charge in [-0.25, -0.2) is 0 Å². The molecular weight excluding hydrogens is 270 g/mol. The van der Waals surface area contributed by atoms with E-state index in [-0.39, 0.29) is 5.95 Å². The molecule has 2 aromatic rings. The number of hydrogen-bond donors (Lipinski definition) is 1. The average Bonchev–Trinajstić information content (AvgIpc) is 2.47. The van der Waals surface area contributed by atoms with Crippen molar-refractivity contribution in [2.24, 2.45) is 0 Å². The van der Waals surface area contributed by atoms with Gasteiger partial charge in [0.05, 0.1) is 0 Å². The van der Waals surface area contributed by atoms with Crippen LogP contribution in [0.2, 0.25) is 0 Å². The van der Waals surface area contributed by atoms with E-state index < -0.39 is 0 Å². The minimum Gasteiger partial charge on any atom is -0.368 e. The summed E-state index contributed by atoms with van der Waals surface area (Å²) in [6, 6.07) is 10.2. The molecule has 2 N–H and O–H groups in total. The summed E-state index contributed by atoms with van der Waals surface area (Å²) in [4.78, 5) is 14.9. The predicted octanol–water partition coefficient (Wildman–Crippen LogP) is 2.59. The number of anilines is 2. The standard InChI is InChI=1S/C14H19N5S/c1-3-19(4-2)13-16-12(15)17-14(18-13)20-10-11-8-6-5-7-9-11/h5-9H,3-4,10H2,1-2H3,(H2,15,16,17,18). The monoisotopic (exact) mass is 289 g/mol. The molecule has 5 nitrogen and oxygen atoms in total. The van der Waals surface area contributed by atoms with Gasteiger partial charge in [-0.3, -0.25) is 0 Å². The van der Waals surface area contributed by atoms with E-state index in [1.54, 1.807) is 11.8 Å². The van der Waals surface area contributed by atoms with Crippen molar-refractivity contribution in [2.45, 2.75) is 24.8 Å². The van der Waals surface area contributed by atoms with Crippen LogP contribution in [0.1, 0.15) is 19.4 Å².